The van der Waals surface area contributed by atoms with Crippen molar-refractivity contribution in [1.29, 1.82) is 0 Å². The van der Waals surface area contributed by atoms with Gasteiger partial charge in [-0.25, -0.2) is 14.8 Å². The van der Waals surface area contributed by atoms with E-state index in [4.69, 9.17) is 29.3 Å². The van der Waals surface area contributed by atoms with Crippen molar-refractivity contribution >= 4 is 148 Å². The molecule has 36 heteroatoms. The molecule has 5 N–H and O–H groups in total. The Morgan fingerprint density at radius 3 is 1.30 bits per heavy atom. The lowest BCUT2D eigenvalue weighted by atomic mass is 9.94. The molecular formula is C74H87Br2F3N22O7P2. The van der Waals surface area contributed by atoms with E-state index in [2.05, 4.69) is 147 Å². The Morgan fingerprint density at radius 1 is 0.536 bits per heavy atom. The highest BCUT2D eigenvalue weighted by Crippen LogP contribution is 2.47. The minimum atomic E-state index is -5.08. The van der Waals surface area contributed by atoms with Crippen molar-refractivity contribution in [2.24, 2.45) is 25.9 Å². The number of alkyl halides is 3. The van der Waals surface area contributed by atoms with Crippen LogP contribution in [0.3, 0.4) is 0 Å². The second kappa shape index (κ2) is 33.6. The number of carbonyl (C=O) groups is 2. The van der Waals surface area contributed by atoms with Gasteiger partial charge >= 0.3 is 12.1 Å². The average molecular weight is 1680 g/mol. The molecule has 0 atom stereocenters. The number of piperazine rings is 2. The van der Waals surface area contributed by atoms with Gasteiger partial charge in [0, 0.05) is 201 Å². The maximum Gasteiger partial charge on any atom is 0.490 e. The van der Waals surface area contributed by atoms with E-state index in [1.54, 1.807) is 78.1 Å². The first-order chi connectivity index (χ1) is 52.6. The predicted molar refractivity (Wildman–Crippen MR) is 430 cm³/mol. The zero-order valence-electron chi connectivity index (χ0n) is 62.2. The molecule has 10 heterocycles. The Kier molecular flexibility index (Phi) is 24.1. The van der Waals surface area contributed by atoms with Gasteiger partial charge in [0.05, 0.1) is 86.5 Å². The highest BCUT2D eigenvalue weighted by atomic mass is 79.9. The molecule has 14 rings (SSSR count). The summed E-state index contributed by atoms with van der Waals surface area (Å²) in [5, 5.41) is 31.1. The fraction of sp³-hybridized carbons (Fsp3) is 0.405. The molecule has 4 aromatic carbocycles. The Bertz CT molecular complexity index is 5110. The molecule has 1 amide bonds. The number of benzene rings is 4. The van der Waals surface area contributed by atoms with Crippen molar-refractivity contribution < 1.29 is 46.5 Å². The summed E-state index contributed by atoms with van der Waals surface area (Å²) in [7, 11) is 1.55. The first kappa shape index (κ1) is 78.7. The van der Waals surface area contributed by atoms with Crippen molar-refractivity contribution in [2.45, 2.75) is 31.9 Å². The summed E-state index contributed by atoms with van der Waals surface area (Å²) >= 11 is 7.27. The van der Waals surface area contributed by atoms with Gasteiger partial charge in [0.2, 0.25) is 17.8 Å². The van der Waals surface area contributed by atoms with Gasteiger partial charge in [0.25, 0.3) is 0 Å². The maximum atomic E-state index is 13.9. The summed E-state index contributed by atoms with van der Waals surface area (Å²) in [6.07, 6.45) is 16.8. The number of nitrogens with zero attached hydrogens (tertiary/aromatic N) is 18. The third-order valence-corrected chi connectivity index (χ3v) is 24.4. The van der Waals surface area contributed by atoms with Crippen LogP contribution >= 0.6 is 46.1 Å². The molecule has 0 saturated carbocycles. The molecule has 580 valence electrons. The van der Waals surface area contributed by atoms with Crippen LogP contribution in [-0.2, 0) is 32.8 Å². The van der Waals surface area contributed by atoms with Crippen molar-refractivity contribution in [3.63, 3.8) is 0 Å². The first-order valence-electron chi connectivity index (χ1n) is 36.0. The van der Waals surface area contributed by atoms with E-state index in [1.165, 1.54) is 0 Å². The number of ether oxygens (including phenoxy) is 2. The van der Waals surface area contributed by atoms with Crippen molar-refractivity contribution in [3.8, 4) is 33.8 Å². The third-order valence-electron chi connectivity index (χ3n) is 20.2. The van der Waals surface area contributed by atoms with E-state index in [-0.39, 0.29) is 5.91 Å². The number of anilines is 10. The van der Waals surface area contributed by atoms with Gasteiger partial charge in [0.1, 0.15) is 48.5 Å². The number of fused-ring (bicyclic) bond motifs is 2. The zero-order chi connectivity index (χ0) is 77.8. The van der Waals surface area contributed by atoms with Gasteiger partial charge < -0.3 is 64.6 Å². The van der Waals surface area contributed by atoms with Crippen molar-refractivity contribution in [3.05, 3.63) is 119 Å². The highest BCUT2D eigenvalue weighted by molar-refractivity contribution is 9.11. The number of hydrogen-bond donors (Lipinski definition) is 5. The Morgan fingerprint density at radius 2 is 0.927 bits per heavy atom. The molecule has 0 unspecified atom stereocenters. The molecule has 10 aromatic rings. The summed E-state index contributed by atoms with van der Waals surface area (Å²) < 4.78 is 76.2. The van der Waals surface area contributed by atoms with Crippen LogP contribution in [0.4, 0.5) is 70.8 Å². The summed E-state index contributed by atoms with van der Waals surface area (Å²) in [6.45, 7) is 20.0. The van der Waals surface area contributed by atoms with Crippen LogP contribution in [0.5, 0.6) is 11.5 Å². The molecular weight excluding hydrogens is 1590 g/mol. The zero-order valence-corrected chi connectivity index (χ0v) is 67.2. The minimum Gasteiger partial charge on any atom is -0.494 e. The SMILES string of the molecule is COc1cc(N2CCC(CN3CCN(CC(=O)N4CCN(CC5CCN(c6cc(OC)c(Nc7ncc(Br)c(Nc8ccc9nccnc9c8P(C)(C)=O)n7)cc6-c6cnn(C)c6)CC5)CC4)CC3)CC2)c(-c2cnn(C)c2)cc1Nc1ncc(Br)c(Nc2ccc3nccnc3c2P(C)(C)=O)n1.O=C(O)C(F)(F)F. The number of halogens is 5. The number of rotatable bonds is 22. The van der Waals surface area contributed by atoms with E-state index >= 15 is 0 Å². The first-order valence-corrected chi connectivity index (χ1v) is 42.8. The Hall–Kier alpha value is -9.43. The number of hydrogen-bond acceptors (Lipinski definition) is 25. The number of amides is 1. The molecule has 29 nitrogen and oxygen atoms in total. The number of methoxy groups -OCH3 is 2. The van der Waals surface area contributed by atoms with Crippen LogP contribution in [0.25, 0.3) is 44.3 Å². The van der Waals surface area contributed by atoms with Crippen LogP contribution < -0.4 is 51.1 Å². The van der Waals surface area contributed by atoms with Gasteiger partial charge in [-0.05, 0) is 132 Å². The number of carboxylic acids is 1. The lowest BCUT2D eigenvalue weighted by molar-refractivity contribution is -0.192. The van der Waals surface area contributed by atoms with E-state index in [1.807, 2.05) is 72.5 Å². The van der Waals surface area contributed by atoms with Gasteiger partial charge in [0.15, 0.2) is 0 Å². The summed E-state index contributed by atoms with van der Waals surface area (Å²) in [4.78, 5) is 74.3. The van der Waals surface area contributed by atoms with Gasteiger partial charge in [-0.1, -0.05) is 0 Å². The third kappa shape index (κ3) is 18.6. The molecule has 4 aliphatic heterocycles. The summed E-state index contributed by atoms with van der Waals surface area (Å²) in [5.41, 5.74) is 11.3. The second-order valence-electron chi connectivity index (χ2n) is 28.6. The molecule has 0 radical (unpaired) electrons. The number of aryl methyl sites for hydroxylation is 2. The van der Waals surface area contributed by atoms with Crippen molar-refractivity contribution in [2.75, 3.05) is 170 Å². The average Bonchev–Trinajstić information content (AvgIpc) is 0.960. The Balaban J connectivity index is 0.00000145. The van der Waals surface area contributed by atoms with E-state index in [0.717, 1.165) is 151 Å². The van der Waals surface area contributed by atoms with Crippen LogP contribution in [0.15, 0.2) is 119 Å². The van der Waals surface area contributed by atoms with Crippen LogP contribution in [0.1, 0.15) is 25.7 Å². The van der Waals surface area contributed by atoms with Crippen LogP contribution in [0.2, 0.25) is 0 Å². The number of carbonyl (C=O) groups excluding carboxylic acids is 1. The smallest absolute Gasteiger partial charge is 0.490 e. The molecule has 0 aliphatic carbocycles. The molecule has 0 spiro atoms. The largest absolute Gasteiger partial charge is 0.494 e. The molecule has 110 heavy (non-hydrogen) atoms. The highest BCUT2D eigenvalue weighted by Gasteiger charge is 2.39. The quantitative estimate of drug-likeness (QED) is 0.0394. The monoisotopic (exact) mass is 1670 g/mol. The molecule has 4 aliphatic rings. The second-order valence-corrected chi connectivity index (χ2v) is 36.6. The lowest BCUT2D eigenvalue weighted by Crippen LogP contribution is -2.54. The maximum absolute atomic E-state index is 13.9. The fourth-order valence-corrected chi connectivity index (χ4v) is 18.1. The van der Waals surface area contributed by atoms with E-state index in [9.17, 15) is 27.1 Å². The van der Waals surface area contributed by atoms with Gasteiger partial charge in [-0.15, -0.1) is 0 Å². The fourth-order valence-electron chi connectivity index (χ4n) is 14.7. The summed E-state index contributed by atoms with van der Waals surface area (Å²) in [6, 6.07) is 15.8. The summed E-state index contributed by atoms with van der Waals surface area (Å²) in [5.74, 6) is 1.50. The Labute approximate surface area is 651 Å². The predicted octanol–water partition coefficient (Wildman–Crippen LogP) is 11.5. The molecule has 4 fully saturated rings. The lowest BCUT2D eigenvalue weighted by Gasteiger charge is -2.41. The van der Waals surface area contributed by atoms with E-state index in [0.29, 0.717) is 118 Å². The van der Waals surface area contributed by atoms with Crippen LogP contribution in [-0.4, -0.2) is 241 Å². The van der Waals surface area contributed by atoms with Gasteiger partial charge in [-0.2, -0.15) is 33.3 Å². The van der Waals surface area contributed by atoms with E-state index < -0.39 is 26.4 Å². The number of aliphatic carboxylic acids is 1. The number of piperidine rings is 2. The number of nitrogens with one attached hydrogen (secondary N) is 4. The van der Waals surface area contributed by atoms with Crippen LogP contribution in [0, 0.1) is 11.8 Å². The number of aromatic nitrogens is 12. The normalized spacial score (nSPS) is 16.1. The van der Waals surface area contributed by atoms with Crippen molar-refractivity contribution in [1.82, 2.24) is 79.0 Å². The minimum absolute atomic E-state index is 0.235. The molecule has 4 saturated heterocycles. The van der Waals surface area contributed by atoms with Gasteiger partial charge in [-0.3, -0.25) is 43.9 Å². The number of carboxylic acid groups (broad SMARTS) is 1. The topological polar surface area (TPSA) is 313 Å². The molecule has 6 aromatic heterocycles. The standard InChI is InChI=1S/C72H86Br2N22O5P2.C2HF3O2/c1-89-43-48(37-81-89)50-33-58(85-71-79-39-52(73)69(87-71)83-56-11-9-54-65(77-19-17-75-54)67(56)102(5,6)98)62(100-3)35-60(50)94-21-13-46(14-22-94)41-91-25-27-93(28-26-91)45-64(97)96-31-29-92(30-32-96)42-47-15-23-95(24-16-47)61-36-63(101-4)59(34-51(61)49-38-82-90(2)44-49)86-72-80-40-53(74)70(88-72)84-57-12-10-55-66(78-20-18-76-55)68(57)103(7,8)99;3-2(4,5)1(6)7/h9-12,17-20,33-40,43-44,46-47H,13-16,21-32,41-42,45H2,1-8H3,(H2,79,83,85,87)(H2,80,84,86,88);(H,6,7). The molecule has 0 bridgehead atoms.